The summed E-state index contributed by atoms with van der Waals surface area (Å²) in [5.41, 5.74) is 9.02. The molecule has 0 saturated heterocycles. The molecule has 0 spiro atoms. The maximum atomic E-state index is 9.27. The number of aromatic nitrogens is 1. The van der Waals surface area contributed by atoms with Crippen LogP contribution in [-0.4, -0.2) is 4.98 Å². The van der Waals surface area contributed by atoms with Gasteiger partial charge in [0.1, 0.15) is 11.9 Å². The predicted molar refractivity (Wildman–Crippen MR) is 84.6 cm³/mol. The van der Waals surface area contributed by atoms with Gasteiger partial charge in [-0.25, -0.2) is 4.98 Å². The first-order valence-corrected chi connectivity index (χ1v) is 6.65. The zero-order valence-electron chi connectivity index (χ0n) is 11.4. The van der Waals surface area contributed by atoms with Crippen LogP contribution < -0.4 is 11.1 Å². The van der Waals surface area contributed by atoms with Gasteiger partial charge in [0.2, 0.25) is 0 Å². The lowest BCUT2D eigenvalue weighted by Gasteiger charge is -2.10. The highest BCUT2D eigenvalue weighted by Gasteiger charge is 2.07. The minimum atomic E-state index is 0.531. The van der Waals surface area contributed by atoms with Gasteiger partial charge in [0, 0.05) is 17.6 Å². The normalized spacial score (nSPS) is 10.2. The van der Waals surface area contributed by atoms with E-state index in [9.17, 15) is 5.26 Å². The highest BCUT2D eigenvalue weighted by molar-refractivity contribution is 5.82. The molecule has 3 N–H and O–H groups in total. The van der Waals surface area contributed by atoms with Crippen molar-refractivity contribution < 1.29 is 0 Å². The van der Waals surface area contributed by atoms with Crippen LogP contribution in [0, 0.1) is 11.3 Å². The number of fused-ring (bicyclic) bond motifs is 1. The lowest BCUT2D eigenvalue weighted by atomic mass is 10.1. The first-order valence-electron chi connectivity index (χ1n) is 6.65. The standard InChI is InChI=1S/C17H14N4/c18-10-14-9-12-5-2-4-8-16(12)21-17(14)20-11-13-6-1-3-7-15(13)19/h1-9H,11,19H2,(H,20,21). The fourth-order valence-corrected chi connectivity index (χ4v) is 2.21. The predicted octanol–water partition coefficient (Wildman–Crippen LogP) is 3.30. The van der Waals surface area contributed by atoms with Crippen molar-refractivity contribution in [2.45, 2.75) is 6.54 Å². The molecule has 0 aliphatic heterocycles. The van der Waals surface area contributed by atoms with Gasteiger partial charge >= 0.3 is 0 Å². The van der Waals surface area contributed by atoms with Crippen LogP contribution in [0.25, 0.3) is 10.9 Å². The van der Waals surface area contributed by atoms with Crippen LogP contribution in [0.15, 0.2) is 54.6 Å². The van der Waals surface area contributed by atoms with E-state index in [2.05, 4.69) is 16.4 Å². The molecule has 0 atom stereocenters. The molecule has 4 nitrogen and oxygen atoms in total. The van der Waals surface area contributed by atoms with Crippen LogP contribution in [0.1, 0.15) is 11.1 Å². The Morgan fingerprint density at radius 3 is 2.67 bits per heavy atom. The maximum absolute atomic E-state index is 9.27. The number of nitrogens with one attached hydrogen (secondary N) is 1. The van der Waals surface area contributed by atoms with Crippen LogP contribution in [0.4, 0.5) is 11.5 Å². The Morgan fingerprint density at radius 1 is 1.10 bits per heavy atom. The molecule has 3 rings (SSSR count). The lowest BCUT2D eigenvalue weighted by Crippen LogP contribution is -2.05. The summed E-state index contributed by atoms with van der Waals surface area (Å²) in [5, 5.41) is 13.4. The van der Waals surface area contributed by atoms with Crippen molar-refractivity contribution in [2.75, 3.05) is 11.1 Å². The molecular formula is C17H14N4. The van der Waals surface area contributed by atoms with Crippen molar-refractivity contribution in [1.82, 2.24) is 4.98 Å². The molecule has 0 saturated carbocycles. The Kier molecular flexibility index (Phi) is 3.40. The zero-order valence-corrected chi connectivity index (χ0v) is 11.4. The summed E-state index contributed by atoms with van der Waals surface area (Å²) in [6.07, 6.45) is 0. The van der Waals surface area contributed by atoms with Crippen molar-refractivity contribution in [3.63, 3.8) is 0 Å². The Labute approximate surface area is 122 Å². The second-order valence-corrected chi connectivity index (χ2v) is 4.74. The van der Waals surface area contributed by atoms with Gasteiger partial charge in [-0.1, -0.05) is 36.4 Å². The van der Waals surface area contributed by atoms with Gasteiger partial charge in [0.15, 0.2) is 0 Å². The third-order valence-corrected chi connectivity index (χ3v) is 3.35. The van der Waals surface area contributed by atoms with Crippen molar-refractivity contribution in [1.29, 1.82) is 5.26 Å². The number of pyridine rings is 1. The highest BCUT2D eigenvalue weighted by atomic mass is 15.0. The summed E-state index contributed by atoms with van der Waals surface area (Å²) in [6.45, 7) is 0.534. The third-order valence-electron chi connectivity index (χ3n) is 3.35. The molecule has 0 aliphatic carbocycles. The number of nitriles is 1. The second kappa shape index (κ2) is 5.51. The number of anilines is 2. The number of nitrogens with zero attached hydrogens (tertiary/aromatic N) is 2. The number of rotatable bonds is 3. The average molecular weight is 274 g/mol. The Morgan fingerprint density at radius 2 is 1.86 bits per heavy atom. The van der Waals surface area contributed by atoms with Crippen LogP contribution in [0.5, 0.6) is 0 Å². The van der Waals surface area contributed by atoms with Gasteiger partial charge in [-0.05, 0) is 23.8 Å². The van der Waals surface area contributed by atoms with E-state index in [1.807, 2.05) is 54.6 Å². The molecule has 0 aliphatic rings. The maximum Gasteiger partial charge on any atom is 0.144 e. The van der Waals surface area contributed by atoms with Gasteiger partial charge in [0.05, 0.1) is 11.1 Å². The second-order valence-electron chi connectivity index (χ2n) is 4.74. The van der Waals surface area contributed by atoms with E-state index in [-0.39, 0.29) is 0 Å². The van der Waals surface area contributed by atoms with Crippen molar-refractivity contribution >= 4 is 22.4 Å². The summed E-state index contributed by atoms with van der Waals surface area (Å²) in [4.78, 5) is 4.52. The molecular weight excluding hydrogens is 260 g/mol. The topological polar surface area (TPSA) is 74.7 Å². The largest absolute Gasteiger partial charge is 0.398 e. The minimum Gasteiger partial charge on any atom is -0.398 e. The number of hydrogen-bond acceptors (Lipinski definition) is 4. The van der Waals surface area contributed by atoms with E-state index in [0.29, 0.717) is 17.9 Å². The van der Waals surface area contributed by atoms with Gasteiger partial charge in [-0.15, -0.1) is 0 Å². The number of para-hydroxylation sites is 2. The average Bonchev–Trinajstić information content (AvgIpc) is 2.53. The van der Waals surface area contributed by atoms with Gasteiger partial charge in [0.25, 0.3) is 0 Å². The molecule has 0 radical (unpaired) electrons. The fourth-order valence-electron chi connectivity index (χ4n) is 2.21. The number of nitrogens with two attached hydrogens (primary N) is 1. The molecule has 102 valence electrons. The van der Waals surface area contributed by atoms with Gasteiger partial charge < -0.3 is 11.1 Å². The van der Waals surface area contributed by atoms with Crippen LogP contribution >= 0.6 is 0 Å². The quantitative estimate of drug-likeness (QED) is 0.718. The van der Waals surface area contributed by atoms with Crippen LogP contribution in [-0.2, 0) is 6.54 Å². The molecule has 0 bridgehead atoms. The molecule has 0 unspecified atom stereocenters. The zero-order chi connectivity index (χ0) is 14.7. The summed E-state index contributed by atoms with van der Waals surface area (Å²) >= 11 is 0. The summed E-state index contributed by atoms with van der Waals surface area (Å²) in [6, 6.07) is 19.4. The molecule has 0 fully saturated rings. The van der Waals surface area contributed by atoms with E-state index in [0.717, 1.165) is 22.2 Å². The van der Waals surface area contributed by atoms with Crippen molar-refractivity contribution in [3.8, 4) is 6.07 Å². The monoisotopic (exact) mass is 274 g/mol. The molecule has 0 amide bonds. The van der Waals surface area contributed by atoms with Crippen molar-refractivity contribution in [2.24, 2.45) is 0 Å². The number of nitrogen functional groups attached to an aromatic ring is 1. The SMILES string of the molecule is N#Cc1cc2ccccc2nc1NCc1ccccc1N. The first-order chi connectivity index (χ1) is 10.3. The Bertz CT molecular complexity index is 834. The van der Waals surface area contributed by atoms with Crippen molar-refractivity contribution in [3.05, 3.63) is 65.7 Å². The van der Waals surface area contributed by atoms with E-state index >= 15 is 0 Å². The minimum absolute atomic E-state index is 0.531. The Hall–Kier alpha value is -3.06. The summed E-state index contributed by atoms with van der Waals surface area (Å²) in [5.74, 6) is 0.583. The molecule has 4 heteroatoms. The summed E-state index contributed by atoms with van der Waals surface area (Å²) < 4.78 is 0. The molecule has 1 aromatic heterocycles. The van der Waals surface area contributed by atoms with E-state index in [1.54, 1.807) is 0 Å². The number of benzene rings is 2. The van der Waals surface area contributed by atoms with E-state index in [1.165, 1.54) is 0 Å². The van der Waals surface area contributed by atoms with Crippen LogP contribution in [0.2, 0.25) is 0 Å². The van der Waals surface area contributed by atoms with Gasteiger partial charge in [-0.2, -0.15) is 5.26 Å². The van der Waals surface area contributed by atoms with E-state index < -0.39 is 0 Å². The molecule has 3 aromatic rings. The van der Waals surface area contributed by atoms with Crippen LogP contribution in [0.3, 0.4) is 0 Å². The fraction of sp³-hybridized carbons (Fsp3) is 0.0588. The molecule has 21 heavy (non-hydrogen) atoms. The van der Waals surface area contributed by atoms with E-state index in [4.69, 9.17) is 5.73 Å². The van der Waals surface area contributed by atoms with Gasteiger partial charge in [-0.3, -0.25) is 0 Å². The Balaban J connectivity index is 1.93. The first kappa shape index (κ1) is 12.9. The summed E-state index contributed by atoms with van der Waals surface area (Å²) in [7, 11) is 0. The molecule has 2 aromatic carbocycles. The smallest absolute Gasteiger partial charge is 0.144 e. The number of hydrogen-bond donors (Lipinski definition) is 2. The lowest BCUT2D eigenvalue weighted by molar-refractivity contribution is 1.12. The molecule has 1 heterocycles. The third kappa shape index (κ3) is 2.63. The highest BCUT2D eigenvalue weighted by Crippen LogP contribution is 2.21.